The van der Waals surface area contributed by atoms with E-state index >= 15 is 0 Å². The van der Waals surface area contributed by atoms with Crippen molar-refractivity contribution in [1.82, 2.24) is 9.62 Å². The van der Waals surface area contributed by atoms with Crippen LogP contribution in [-0.4, -0.2) is 37.8 Å². The summed E-state index contributed by atoms with van der Waals surface area (Å²) in [5, 5.41) is 4.81. The van der Waals surface area contributed by atoms with E-state index in [9.17, 15) is 13.2 Å². The standard InChI is InChI=1S/C19H22N2O4S2/c22-19(20-15-10-12-25-17-8-2-1-6-14(15)17)16-7-3-4-11-21(16)27(23,24)18-9-5-13-26-18/h1-2,5-6,8-9,13,15-16H,3-4,7,10-12H2,(H,20,22)/t15-,16+/m0/s1. The van der Waals surface area contributed by atoms with Crippen LogP contribution in [0.2, 0.25) is 0 Å². The maximum atomic E-state index is 13.0. The zero-order chi connectivity index (χ0) is 18.9. The van der Waals surface area contributed by atoms with E-state index in [-0.39, 0.29) is 11.9 Å². The van der Waals surface area contributed by atoms with Crippen LogP contribution in [0.3, 0.4) is 0 Å². The van der Waals surface area contributed by atoms with E-state index in [0.29, 0.717) is 30.2 Å². The van der Waals surface area contributed by atoms with Gasteiger partial charge in [-0.1, -0.05) is 30.7 Å². The topological polar surface area (TPSA) is 75.7 Å². The van der Waals surface area contributed by atoms with Gasteiger partial charge < -0.3 is 10.1 Å². The molecule has 1 amide bonds. The zero-order valence-corrected chi connectivity index (χ0v) is 16.5. The number of ether oxygens (including phenoxy) is 1. The van der Waals surface area contributed by atoms with Crippen molar-refractivity contribution in [2.45, 2.75) is 42.0 Å². The number of nitrogens with zero attached hydrogens (tertiary/aromatic N) is 1. The van der Waals surface area contributed by atoms with Crippen molar-refractivity contribution in [1.29, 1.82) is 0 Å². The molecule has 1 N–H and O–H groups in total. The molecule has 0 bridgehead atoms. The molecule has 1 aromatic heterocycles. The summed E-state index contributed by atoms with van der Waals surface area (Å²) in [6, 6.07) is 10.1. The predicted octanol–water partition coefficient (Wildman–Crippen LogP) is 2.93. The average molecular weight is 407 g/mol. The Kier molecular flexibility index (Phi) is 5.21. The van der Waals surface area contributed by atoms with E-state index in [1.807, 2.05) is 24.3 Å². The molecule has 6 nitrogen and oxygen atoms in total. The van der Waals surface area contributed by atoms with Crippen LogP contribution in [0.5, 0.6) is 5.75 Å². The molecule has 2 aliphatic rings. The molecule has 0 saturated carbocycles. The second-order valence-electron chi connectivity index (χ2n) is 6.80. The van der Waals surface area contributed by atoms with Gasteiger partial charge in [0, 0.05) is 18.5 Å². The van der Waals surface area contributed by atoms with Gasteiger partial charge in [-0.05, 0) is 30.4 Å². The number of sulfonamides is 1. The Morgan fingerprint density at radius 1 is 1.15 bits per heavy atom. The van der Waals surface area contributed by atoms with E-state index < -0.39 is 16.1 Å². The lowest BCUT2D eigenvalue weighted by Gasteiger charge is -2.35. The minimum Gasteiger partial charge on any atom is -0.493 e. The molecule has 0 spiro atoms. The number of fused-ring (bicyclic) bond motifs is 1. The van der Waals surface area contributed by atoms with Gasteiger partial charge in [-0.2, -0.15) is 4.31 Å². The van der Waals surface area contributed by atoms with Crippen LogP contribution in [0.25, 0.3) is 0 Å². The van der Waals surface area contributed by atoms with Crippen LogP contribution < -0.4 is 10.1 Å². The van der Waals surface area contributed by atoms with E-state index in [4.69, 9.17) is 4.74 Å². The van der Waals surface area contributed by atoms with Gasteiger partial charge in [0.2, 0.25) is 5.91 Å². The Balaban J connectivity index is 1.56. The lowest BCUT2D eigenvalue weighted by molar-refractivity contribution is -0.126. The lowest BCUT2D eigenvalue weighted by Crippen LogP contribution is -2.52. The number of carbonyl (C=O) groups excluding carboxylic acids is 1. The van der Waals surface area contributed by atoms with Gasteiger partial charge in [0.25, 0.3) is 10.0 Å². The number of rotatable bonds is 4. The lowest BCUT2D eigenvalue weighted by atomic mass is 9.99. The highest BCUT2D eigenvalue weighted by Gasteiger charge is 2.39. The Hall–Kier alpha value is -1.90. The third-order valence-electron chi connectivity index (χ3n) is 5.09. The number of amides is 1. The Morgan fingerprint density at radius 2 is 2.00 bits per heavy atom. The average Bonchev–Trinajstić information content (AvgIpc) is 3.24. The van der Waals surface area contributed by atoms with E-state index in [1.54, 1.807) is 17.5 Å². The second-order valence-corrected chi connectivity index (χ2v) is 9.86. The van der Waals surface area contributed by atoms with Crippen molar-refractivity contribution in [3.8, 4) is 5.75 Å². The zero-order valence-electron chi connectivity index (χ0n) is 14.8. The van der Waals surface area contributed by atoms with Crippen molar-refractivity contribution in [2.24, 2.45) is 0 Å². The fourth-order valence-electron chi connectivity index (χ4n) is 3.74. The van der Waals surface area contributed by atoms with Crippen LogP contribution in [0.4, 0.5) is 0 Å². The summed E-state index contributed by atoms with van der Waals surface area (Å²) in [5.74, 6) is 0.553. The first-order valence-electron chi connectivity index (χ1n) is 9.15. The highest BCUT2D eigenvalue weighted by molar-refractivity contribution is 7.91. The number of piperidine rings is 1. The molecule has 2 aliphatic heterocycles. The monoisotopic (exact) mass is 406 g/mol. The third-order valence-corrected chi connectivity index (χ3v) is 8.37. The summed E-state index contributed by atoms with van der Waals surface area (Å²) >= 11 is 1.19. The van der Waals surface area contributed by atoms with Gasteiger partial charge in [-0.25, -0.2) is 8.42 Å². The summed E-state index contributed by atoms with van der Waals surface area (Å²) in [6.45, 7) is 0.909. The van der Waals surface area contributed by atoms with Crippen molar-refractivity contribution in [3.05, 3.63) is 47.3 Å². The first-order valence-corrected chi connectivity index (χ1v) is 11.5. The van der Waals surface area contributed by atoms with Gasteiger partial charge in [-0.3, -0.25) is 4.79 Å². The maximum Gasteiger partial charge on any atom is 0.253 e. The van der Waals surface area contributed by atoms with Gasteiger partial charge >= 0.3 is 0 Å². The minimum absolute atomic E-state index is 0.157. The molecule has 1 saturated heterocycles. The van der Waals surface area contributed by atoms with E-state index in [0.717, 1.165) is 24.2 Å². The molecule has 3 heterocycles. The molecule has 4 rings (SSSR count). The Bertz CT molecular complexity index is 912. The molecule has 0 aliphatic carbocycles. The molecule has 27 heavy (non-hydrogen) atoms. The van der Waals surface area contributed by atoms with Gasteiger partial charge in [-0.15, -0.1) is 11.3 Å². The highest BCUT2D eigenvalue weighted by Crippen LogP contribution is 2.33. The quantitative estimate of drug-likeness (QED) is 0.847. The number of para-hydroxylation sites is 1. The Morgan fingerprint density at radius 3 is 2.81 bits per heavy atom. The highest BCUT2D eigenvalue weighted by atomic mass is 32.2. The summed E-state index contributed by atoms with van der Waals surface area (Å²) in [5.41, 5.74) is 0.945. The van der Waals surface area contributed by atoms with Crippen molar-refractivity contribution in [2.75, 3.05) is 13.2 Å². The molecular weight excluding hydrogens is 384 g/mol. The minimum atomic E-state index is -3.65. The normalized spacial score (nSPS) is 23.3. The molecule has 1 aromatic carbocycles. The van der Waals surface area contributed by atoms with Crippen molar-refractivity contribution < 1.29 is 17.9 Å². The van der Waals surface area contributed by atoms with Crippen LogP contribution in [0.15, 0.2) is 46.0 Å². The summed E-state index contributed by atoms with van der Waals surface area (Å²) in [7, 11) is -3.65. The molecule has 2 aromatic rings. The molecule has 2 atom stereocenters. The van der Waals surface area contributed by atoms with Crippen molar-refractivity contribution in [3.63, 3.8) is 0 Å². The van der Waals surface area contributed by atoms with Gasteiger partial charge in [0.05, 0.1) is 12.6 Å². The van der Waals surface area contributed by atoms with Crippen LogP contribution >= 0.6 is 11.3 Å². The van der Waals surface area contributed by atoms with Gasteiger partial charge in [0.15, 0.2) is 0 Å². The van der Waals surface area contributed by atoms with Crippen molar-refractivity contribution >= 4 is 27.3 Å². The molecular formula is C19H22N2O4S2. The first-order chi connectivity index (χ1) is 13.1. The second kappa shape index (κ2) is 7.61. The fraction of sp³-hybridized carbons (Fsp3) is 0.421. The molecule has 0 unspecified atom stereocenters. The SMILES string of the molecule is O=C(N[C@H]1CCOc2ccccc21)[C@H]1CCCCN1S(=O)(=O)c1cccs1. The van der Waals surface area contributed by atoms with Crippen LogP contribution in [-0.2, 0) is 14.8 Å². The van der Waals surface area contributed by atoms with Gasteiger partial charge in [0.1, 0.15) is 16.0 Å². The number of hydrogen-bond donors (Lipinski definition) is 1. The number of nitrogens with one attached hydrogen (secondary N) is 1. The molecule has 8 heteroatoms. The summed E-state index contributed by atoms with van der Waals surface area (Å²) < 4.78 is 33.3. The van der Waals surface area contributed by atoms with Crippen LogP contribution in [0.1, 0.15) is 37.3 Å². The first kappa shape index (κ1) is 18.5. The Labute approximate surface area is 163 Å². The van der Waals surface area contributed by atoms with E-state index in [1.165, 1.54) is 15.6 Å². The largest absolute Gasteiger partial charge is 0.493 e. The van der Waals surface area contributed by atoms with Crippen LogP contribution in [0, 0.1) is 0 Å². The third kappa shape index (κ3) is 3.61. The number of thiophene rings is 1. The molecule has 0 radical (unpaired) electrons. The number of carbonyl (C=O) groups is 1. The predicted molar refractivity (Wildman–Crippen MR) is 103 cm³/mol. The summed E-state index contributed by atoms with van der Waals surface area (Å²) in [4.78, 5) is 13.0. The number of hydrogen-bond acceptors (Lipinski definition) is 5. The maximum absolute atomic E-state index is 13.0. The molecule has 144 valence electrons. The molecule has 1 fully saturated rings. The summed E-state index contributed by atoms with van der Waals surface area (Å²) in [6.07, 6.45) is 2.84. The van der Waals surface area contributed by atoms with E-state index in [2.05, 4.69) is 5.32 Å². The smallest absolute Gasteiger partial charge is 0.253 e. The number of benzene rings is 1. The fourth-order valence-corrected chi connectivity index (χ4v) is 6.52.